The molecule has 1 aromatic carbocycles. The Kier molecular flexibility index (Phi) is 7.02. The highest BCUT2D eigenvalue weighted by atomic mass is 16.5. The molecule has 0 spiro atoms. The first-order valence-corrected chi connectivity index (χ1v) is 6.54. The molecule has 0 aliphatic heterocycles. The van der Waals surface area contributed by atoms with Gasteiger partial charge in [-0.3, -0.25) is 0 Å². The van der Waals surface area contributed by atoms with Crippen molar-refractivity contribution in [1.29, 1.82) is 0 Å². The lowest BCUT2D eigenvalue weighted by Gasteiger charge is -2.30. The van der Waals surface area contributed by atoms with E-state index in [2.05, 4.69) is 0 Å². The van der Waals surface area contributed by atoms with Crippen molar-refractivity contribution in [3.8, 4) is 0 Å². The van der Waals surface area contributed by atoms with E-state index in [1.54, 1.807) is 7.11 Å². The van der Waals surface area contributed by atoms with Crippen LogP contribution in [-0.4, -0.2) is 50.4 Å². The highest BCUT2D eigenvalue weighted by molar-refractivity contribution is 5.30. The normalized spacial score (nSPS) is 11.8. The molecular formula is C15H24O4. The van der Waals surface area contributed by atoms with Gasteiger partial charge in [-0.05, 0) is 18.9 Å². The summed E-state index contributed by atoms with van der Waals surface area (Å²) < 4.78 is 10.3. The third kappa shape index (κ3) is 4.58. The SMILES string of the molecule is COCCOCCC(CO)(CO)c1cccc(C)c1. The van der Waals surface area contributed by atoms with E-state index in [0.29, 0.717) is 26.2 Å². The molecule has 0 aromatic heterocycles. The molecule has 0 heterocycles. The third-order valence-corrected chi connectivity index (χ3v) is 3.39. The Morgan fingerprint density at radius 2 is 1.84 bits per heavy atom. The first kappa shape index (κ1) is 16.1. The fraction of sp³-hybridized carbons (Fsp3) is 0.600. The van der Waals surface area contributed by atoms with E-state index in [-0.39, 0.29) is 13.2 Å². The molecule has 0 bridgehead atoms. The number of hydrogen-bond donors (Lipinski definition) is 2. The van der Waals surface area contributed by atoms with Crippen molar-refractivity contribution in [2.45, 2.75) is 18.8 Å². The van der Waals surface area contributed by atoms with Gasteiger partial charge in [0.15, 0.2) is 0 Å². The van der Waals surface area contributed by atoms with E-state index in [0.717, 1.165) is 11.1 Å². The van der Waals surface area contributed by atoms with Crippen molar-refractivity contribution in [1.82, 2.24) is 0 Å². The first-order chi connectivity index (χ1) is 9.18. The molecular weight excluding hydrogens is 244 g/mol. The van der Waals surface area contributed by atoms with Crippen LogP contribution in [0.15, 0.2) is 24.3 Å². The Labute approximate surface area is 115 Å². The van der Waals surface area contributed by atoms with Crippen LogP contribution in [0.5, 0.6) is 0 Å². The van der Waals surface area contributed by atoms with Crippen LogP contribution in [0.25, 0.3) is 0 Å². The van der Waals surface area contributed by atoms with Crippen LogP contribution in [0.1, 0.15) is 17.5 Å². The molecule has 19 heavy (non-hydrogen) atoms. The second-order valence-electron chi connectivity index (χ2n) is 4.82. The number of ether oxygens (including phenoxy) is 2. The summed E-state index contributed by atoms with van der Waals surface area (Å²) in [6.07, 6.45) is 0.577. The van der Waals surface area contributed by atoms with Crippen LogP contribution >= 0.6 is 0 Å². The fourth-order valence-electron chi connectivity index (χ4n) is 2.02. The molecule has 0 atom stereocenters. The number of methoxy groups -OCH3 is 1. The zero-order chi connectivity index (χ0) is 14.1. The largest absolute Gasteiger partial charge is 0.395 e. The molecule has 1 aromatic rings. The molecule has 4 heteroatoms. The molecule has 2 N–H and O–H groups in total. The van der Waals surface area contributed by atoms with Gasteiger partial charge in [-0.1, -0.05) is 29.8 Å². The minimum Gasteiger partial charge on any atom is -0.395 e. The molecule has 0 aliphatic carbocycles. The molecule has 0 amide bonds. The lowest BCUT2D eigenvalue weighted by atomic mass is 9.79. The monoisotopic (exact) mass is 268 g/mol. The van der Waals surface area contributed by atoms with E-state index in [1.807, 2.05) is 31.2 Å². The number of benzene rings is 1. The summed E-state index contributed by atoms with van der Waals surface area (Å²) in [6, 6.07) is 7.88. The van der Waals surface area contributed by atoms with Gasteiger partial charge >= 0.3 is 0 Å². The lowest BCUT2D eigenvalue weighted by molar-refractivity contribution is 0.0390. The van der Waals surface area contributed by atoms with Crippen LogP contribution in [0, 0.1) is 6.92 Å². The molecule has 0 saturated carbocycles. The maximum Gasteiger partial charge on any atom is 0.0700 e. The zero-order valence-corrected chi connectivity index (χ0v) is 11.8. The van der Waals surface area contributed by atoms with Crippen LogP contribution in [0.3, 0.4) is 0 Å². The van der Waals surface area contributed by atoms with Gasteiger partial charge in [-0.2, -0.15) is 0 Å². The van der Waals surface area contributed by atoms with Gasteiger partial charge in [0.05, 0.1) is 26.4 Å². The van der Waals surface area contributed by atoms with Crippen LogP contribution in [0.2, 0.25) is 0 Å². The molecule has 0 unspecified atom stereocenters. The minimum absolute atomic E-state index is 0.0966. The number of aliphatic hydroxyl groups is 2. The molecule has 0 fully saturated rings. The Balaban J connectivity index is 2.68. The van der Waals surface area contributed by atoms with E-state index < -0.39 is 5.41 Å². The van der Waals surface area contributed by atoms with Gasteiger partial charge in [0.1, 0.15) is 0 Å². The summed E-state index contributed by atoms with van der Waals surface area (Å²) in [5.41, 5.74) is 1.43. The molecule has 4 nitrogen and oxygen atoms in total. The number of aliphatic hydroxyl groups excluding tert-OH is 2. The summed E-state index contributed by atoms with van der Waals surface area (Å²) in [4.78, 5) is 0. The van der Waals surface area contributed by atoms with E-state index >= 15 is 0 Å². The summed E-state index contributed by atoms with van der Waals surface area (Å²) in [7, 11) is 1.63. The second kappa shape index (κ2) is 8.27. The molecule has 108 valence electrons. The maximum atomic E-state index is 9.68. The first-order valence-electron chi connectivity index (χ1n) is 6.54. The van der Waals surface area contributed by atoms with Crippen molar-refractivity contribution >= 4 is 0 Å². The minimum atomic E-state index is -0.640. The van der Waals surface area contributed by atoms with Crippen LogP contribution in [-0.2, 0) is 14.9 Å². The summed E-state index contributed by atoms with van der Waals surface area (Å²) in [5, 5.41) is 19.4. The summed E-state index contributed by atoms with van der Waals surface area (Å²) >= 11 is 0. The van der Waals surface area contributed by atoms with Crippen molar-refractivity contribution in [2.75, 3.05) is 40.1 Å². The van der Waals surface area contributed by atoms with Gasteiger partial charge in [-0.15, -0.1) is 0 Å². The van der Waals surface area contributed by atoms with Crippen molar-refractivity contribution in [3.63, 3.8) is 0 Å². The molecule has 0 aliphatic rings. The van der Waals surface area contributed by atoms with E-state index in [1.165, 1.54) is 0 Å². The van der Waals surface area contributed by atoms with Crippen molar-refractivity contribution in [3.05, 3.63) is 35.4 Å². The summed E-state index contributed by atoms with van der Waals surface area (Å²) in [5.74, 6) is 0. The average molecular weight is 268 g/mol. The lowest BCUT2D eigenvalue weighted by Crippen LogP contribution is -2.36. The number of hydrogen-bond acceptors (Lipinski definition) is 4. The quantitative estimate of drug-likeness (QED) is 0.662. The van der Waals surface area contributed by atoms with E-state index in [4.69, 9.17) is 9.47 Å². The van der Waals surface area contributed by atoms with Crippen LogP contribution < -0.4 is 0 Å². The Bertz CT molecular complexity index is 361. The fourth-order valence-corrected chi connectivity index (χ4v) is 2.02. The van der Waals surface area contributed by atoms with Gasteiger partial charge < -0.3 is 19.7 Å². The Morgan fingerprint density at radius 1 is 1.11 bits per heavy atom. The van der Waals surface area contributed by atoms with Crippen molar-refractivity contribution in [2.24, 2.45) is 0 Å². The van der Waals surface area contributed by atoms with Gasteiger partial charge in [0.2, 0.25) is 0 Å². The topological polar surface area (TPSA) is 58.9 Å². The third-order valence-electron chi connectivity index (χ3n) is 3.39. The van der Waals surface area contributed by atoms with Gasteiger partial charge in [0, 0.05) is 19.1 Å². The number of rotatable bonds is 9. The Hall–Kier alpha value is -0.940. The maximum absolute atomic E-state index is 9.68. The molecule has 0 radical (unpaired) electrons. The number of aryl methyl sites for hydroxylation is 1. The predicted octanol–water partition coefficient (Wildman–Crippen LogP) is 1.27. The van der Waals surface area contributed by atoms with Crippen molar-refractivity contribution < 1.29 is 19.7 Å². The standard InChI is InChI=1S/C15H24O4/c1-13-4-3-5-14(10-13)15(11-16,12-17)6-7-19-9-8-18-2/h3-5,10,16-17H,6-9,11-12H2,1-2H3. The second-order valence-corrected chi connectivity index (χ2v) is 4.82. The van der Waals surface area contributed by atoms with Gasteiger partial charge in [-0.25, -0.2) is 0 Å². The highest BCUT2D eigenvalue weighted by Crippen LogP contribution is 2.28. The highest BCUT2D eigenvalue weighted by Gasteiger charge is 2.30. The summed E-state index contributed by atoms with van der Waals surface area (Å²) in [6.45, 7) is 3.37. The predicted molar refractivity (Wildman–Crippen MR) is 74.3 cm³/mol. The zero-order valence-electron chi connectivity index (χ0n) is 11.8. The average Bonchev–Trinajstić information content (AvgIpc) is 2.43. The van der Waals surface area contributed by atoms with E-state index in [9.17, 15) is 10.2 Å². The van der Waals surface area contributed by atoms with Crippen LogP contribution in [0.4, 0.5) is 0 Å². The smallest absolute Gasteiger partial charge is 0.0700 e. The molecule has 1 rings (SSSR count). The Morgan fingerprint density at radius 3 is 2.42 bits per heavy atom. The molecule has 0 saturated heterocycles. The van der Waals surface area contributed by atoms with Gasteiger partial charge in [0.25, 0.3) is 0 Å².